The maximum atomic E-state index is 12.6. The topological polar surface area (TPSA) is 66.5 Å². The number of carbonyl (C=O) groups excluding carboxylic acids is 1. The quantitative estimate of drug-likeness (QED) is 0.757. The van der Waals surface area contributed by atoms with Crippen LogP contribution in [0.3, 0.4) is 0 Å². The molecule has 1 amide bonds. The van der Waals surface area contributed by atoms with E-state index in [1.807, 2.05) is 0 Å². The number of benzene rings is 2. The molecule has 5 nitrogen and oxygen atoms in total. The fraction of sp³-hybridized carbons (Fsp3) is 0.188. The van der Waals surface area contributed by atoms with Crippen LogP contribution < -0.4 is 5.32 Å². The van der Waals surface area contributed by atoms with Gasteiger partial charge in [-0.15, -0.1) is 0 Å². The van der Waals surface area contributed by atoms with Gasteiger partial charge in [-0.1, -0.05) is 34.5 Å². The van der Waals surface area contributed by atoms with E-state index in [1.165, 1.54) is 12.1 Å². The molecule has 2 aromatic rings. The van der Waals surface area contributed by atoms with Crippen molar-refractivity contribution in [1.29, 1.82) is 0 Å². The van der Waals surface area contributed by atoms with Gasteiger partial charge in [0.2, 0.25) is 15.9 Å². The summed E-state index contributed by atoms with van der Waals surface area (Å²) >= 11 is 9.06. The summed E-state index contributed by atoms with van der Waals surface area (Å²) in [7, 11) is -3.73. The van der Waals surface area contributed by atoms with E-state index in [-0.39, 0.29) is 18.0 Å². The van der Waals surface area contributed by atoms with Gasteiger partial charge in [0.25, 0.3) is 0 Å². The molecule has 0 aliphatic rings. The van der Waals surface area contributed by atoms with E-state index >= 15 is 0 Å². The van der Waals surface area contributed by atoms with Gasteiger partial charge >= 0.3 is 0 Å². The van der Waals surface area contributed by atoms with Crippen LogP contribution in [-0.4, -0.2) is 31.7 Å². The fourth-order valence-electron chi connectivity index (χ4n) is 2.02. The lowest BCUT2D eigenvalue weighted by Crippen LogP contribution is -2.37. The Hall–Kier alpha value is -1.41. The Kier molecular flexibility index (Phi) is 6.40. The number of anilines is 1. The summed E-state index contributed by atoms with van der Waals surface area (Å²) in [6.07, 6.45) is 0. The lowest BCUT2D eigenvalue weighted by molar-refractivity contribution is -0.116. The van der Waals surface area contributed by atoms with Crippen molar-refractivity contribution in [3.63, 3.8) is 0 Å². The maximum absolute atomic E-state index is 12.6. The first-order chi connectivity index (χ1) is 11.3. The minimum atomic E-state index is -3.73. The summed E-state index contributed by atoms with van der Waals surface area (Å²) in [6, 6.07) is 12.9. The Bertz CT molecular complexity index is 808. The van der Waals surface area contributed by atoms with E-state index in [4.69, 9.17) is 11.6 Å². The van der Waals surface area contributed by atoms with E-state index in [0.717, 1.165) is 8.78 Å². The molecule has 0 atom stereocenters. The molecule has 0 radical (unpaired) electrons. The van der Waals surface area contributed by atoms with E-state index in [1.54, 1.807) is 43.3 Å². The number of nitrogens with one attached hydrogen (secondary N) is 1. The average Bonchev–Trinajstić information content (AvgIpc) is 2.55. The second-order valence-corrected chi connectivity index (χ2v) is 8.23. The number of nitrogens with zero attached hydrogens (tertiary/aromatic N) is 1. The number of hydrogen-bond acceptors (Lipinski definition) is 3. The second-order valence-electron chi connectivity index (χ2n) is 4.94. The van der Waals surface area contributed by atoms with Crippen LogP contribution in [0, 0.1) is 0 Å². The summed E-state index contributed by atoms with van der Waals surface area (Å²) in [4.78, 5) is 12.3. The molecule has 8 heteroatoms. The van der Waals surface area contributed by atoms with Crippen molar-refractivity contribution in [2.24, 2.45) is 0 Å². The summed E-state index contributed by atoms with van der Waals surface area (Å²) < 4.78 is 27.1. The SMILES string of the molecule is CCN(CC(=O)Nc1ccc(Cl)cc1)S(=O)(=O)c1ccc(Br)cc1. The van der Waals surface area contributed by atoms with Crippen molar-refractivity contribution in [2.45, 2.75) is 11.8 Å². The lowest BCUT2D eigenvalue weighted by atomic mass is 10.3. The first-order valence-corrected chi connectivity index (χ1v) is 9.75. The molecule has 0 spiro atoms. The van der Waals surface area contributed by atoms with Crippen LogP contribution >= 0.6 is 27.5 Å². The number of carbonyl (C=O) groups is 1. The van der Waals surface area contributed by atoms with E-state index in [0.29, 0.717) is 10.7 Å². The molecule has 2 aromatic carbocycles. The predicted molar refractivity (Wildman–Crippen MR) is 98.7 cm³/mol. The molecule has 24 heavy (non-hydrogen) atoms. The van der Waals surface area contributed by atoms with Gasteiger partial charge < -0.3 is 5.32 Å². The number of hydrogen-bond donors (Lipinski definition) is 1. The Balaban J connectivity index is 2.11. The zero-order valence-corrected chi connectivity index (χ0v) is 16.0. The van der Waals surface area contributed by atoms with Gasteiger partial charge in [0.05, 0.1) is 11.4 Å². The minimum absolute atomic E-state index is 0.145. The van der Waals surface area contributed by atoms with Crippen LogP contribution in [0.4, 0.5) is 5.69 Å². The van der Waals surface area contributed by atoms with Crippen LogP contribution in [0.2, 0.25) is 5.02 Å². The van der Waals surface area contributed by atoms with Crippen molar-refractivity contribution < 1.29 is 13.2 Å². The van der Waals surface area contributed by atoms with E-state index in [2.05, 4.69) is 21.2 Å². The molecule has 0 saturated heterocycles. The average molecular weight is 432 g/mol. The molecule has 0 heterocycles. The van der Waals surface area contributed by atoms with Gasteiger partial charge in [-0.3, -0.25) is 4.79 Å². The third-order valence-electron chi connectivity index (χ3n) is 3.25. The van der Waals surface area contributed by atoms with Crippen molar-refractivity contribution in [1.82, 2.24) is 4.31 Å². The predicted octanol–water partition coefficient (Wildman–Crippen LogP) is 3.75. The molecule has 0 saturated carbocycles. The minimum Gasteiger partial charge on any atom is -0.325 e. The summed E-state index contributed by atoms with van der Waals surface area (Å²) in [6.45, 7) is 1.61. The summed E-state index contributed by atoms with van der Waals surface area (Å²) in [5.74, 6) is -0.417. The van der Waals surface area contributed by atoms with Gasteiger partial charge in [0.15, 0.2) is 0 Å². The van der Waals surface area contributed by atoms with Crippen LogP contribution in [0.15, 0.2) is 57.9 Å². The Labute approximate surface area is 154 Å². The van der Waals surface area contributed by atoms with Crippen LogP contribution in [0.1, 0.15) is 6.92 Å². The Morgan fingerprint density at radius 3 is 2.25 bits per heavy atom. The monoisotopic (exact) mass is 430 g/mol. The molecule has 1 N–H and O–H groups in total. The Morgan fingerprint density at radius 2 is 1.71 bits per heavy atom. The summed E-state index contributed by atoms with van der Waals surface area (Å²) in [5, 5.41) is 3.21. The van der Waals surface area contributed by atoms with Crippen LogP contribution in [0.25, 0.3) is 0 Å². The van der Waals surface area contributed by atoms with Gasteiger partial charge in [-0.05, 0) is 48.5 Å². The van der Waals surface area contributed by atoms with Gasteiger partial charge in [-0.25, -0.2) is 8.42 Å². The third kappa shape index (κ3) is 4.80. The second kappa shape index (κ2) is 8.11. The molecular formula is C16H16BrClN2O3S. The lowest BCUT2D eigenvalue weighted by Gasteiger charge is -2.20. The van der Waals surface area contributed by atoms with Gasteiger partial charge in [0, 0.05) is 21.7 Å². The fourth-order valence-corrected chi connectivity index (χ4v) is 3.81. The van der Waals surface area contributed by atoms with Crippen molar-refractivity contribution in [3.05, 3.63) is 58.0 Å². The molecule has 0 aliphatic carbocycles. The zero-order chi connectivity index (χ0) is 17.7. The summed E-state index contributed by atoms with van der Waals surface area (Å²) in [5.41, 5.74) is 0.557. The largest absolute Gasteiger partial charge is 0.325 e. The number of halogens is 2. The van der Waals surface area contributed by atoms with Crippen molar-refractivity contribution in [2.75, 3.05) is 18.4 Å². The molecular weight excluding hydrogens is 416 g/mol. The molecule has 128 valence electrons. The van der Waals surface area contributed by atoms with E-state index < -0.39 is 15.9 Å². The molecule has 0 aromatic heterocycles. The molecule has 0 aliphatic heterocycles. The van der Waals surface area contributed by atoms with Crippen LogP contribution in [0.5, 0.6) is 0 Å². The van der Waals surface area contributed by atoms with Crippen LogP contribution in [-0.2, 0) is 14.8 Å². The Morgan fingerprint density at radius 1 is 1.12 bits per heavy atom. The first kappa shape index (κ1) is 18.9. The number of sulfonamides is 1. The highest BCUT2D eigenvalue weighted by molar-refractivity contribution is 9.10. The maximum Gasteiger partial charge on any atom is 0.243 e. The molecule has 0 bridgehead atoms. The number of likely N-dealkylation sites (N-methyl/N-ethyl adjacent to an activating group) is 1. The van der Waals surface area contributed by atoms with Gasteiger partial charge in [-0.2, -0.15) is 4.31 Å². The van der Waals surface area contributed by atoms with E-state index in [9.17, 15) is 13.2 Å². The normalized spacial score (nSPS) is 11.5. The number of amides is 1. The molecule has 0 fully saturated rings. The third-order valence-corrected chi connectivity index (χ3v) is 5.97. The van der Waals surface area contributed by atoms with Crippen molar-refractivity contribution >= 4 is 49.1 Å². The van der Waals surface area contributed by atoms with Crippen molar-refractivity contribution in [3.8, 4) is 0 Å². The molecule has 2 rings (SSSR count). The molecule has 0 unspecified atom stereocenters. The van der Waals surface area contributed by atoms with Gasteiger partial charge in [0.1, 0.15) is 0 Å². The standard InChI is InChI=1S/C16H16BrClN2O3S/c1-2-20(24(22,23)15-9-3-12(17)4-10-15)11-16(21)19-14-7-5-13(18)6-8-14/h3-10H,2,11H2,1H3,(H,19,21). The number of rotatable bonds is 6. The first-order valence-electron chi connectivity index (χ1n) is 7.14. The highest BCUT2D eigenvalue weighted by Gasteiger charge is 2.25. The smallest absolute Gasteiger partial charge is 0.243 e. The highest BCUT2D eigenvalue weighted by atomic mass is 79.9. The highest BCUT2D eigenvalue weighted by Crippen LogP contribution is 2.19. The zero-order valence-electron chi connectivity index (χ0n) is 12.9.